The van der Waals surface area contributed by atoms with Gasteiger partial charge in [0.25, 0.3) is 5.91 Å². The Morgan fingerprint density at radius 2 is 1.82 bits per heavy atom. The zero-order valence-electron chi connectivity index (χ0n) is 18.1. The number of hydrogen-bond donors (Lipinski definition) is 1. The van der Waals surface area contributed by atoms with Crippen molar-refractivity contribution < 1.29 is 19.0 Å². The third-order valence-electron chi connectivity index (χ3n) is 4.75. The molecule has 33 heavy (non-hydrogen) atoms. The first-order chi connectivity index (χ1) is 16.0. The fourth-order valence-corrected chi connectivity index (χ4v) is 3.27. The molecule has 170 valence electrons. The van der Waals surface area contributed by atoms with E-state index in [1.807, 2.05) is 18.2 Å². The number of hydrogen-bond acceptors (Lipinski definition) is 7. The summed E-state index contributed by atoms with van der Waals surface area (Å²) in [4.78, 5) is 12.3. The van der Waals surface area contributed by atoms with Crippen molar-refractivity contribution in [3.63, 3.8) is 0 Å². The summed E-state index contributed by atoms with van der Waals surface area (Å²) in [5.74, 6) is 1.92. The van der Waals surface area contributed by atoms with Crippen LogP contribution in [-0.2, 0) is 4.79 Å². The van der Waals surface area contributed by atoms with Crippen LogP contribution in [0.5, 0.6) is 17.4 Å². The van der Waals surface area contributed by atoms with Crippen LogP contribution < -0.4 is 19.5 Å². The quantitative estimate of drug-likeness (QED) is 0.376. The molecule has 0 saturated heterocycles. The second kappa shape index (κ2) is 10.2. The van der Waals surface area contributed by atoms with Crippen LogP contribution in [0.2, 0.25) is 5.02 Å². The highest BCUT2D eigenvalue weighted by atomic mass is 35.5. The summed E-state index contributed by atoms with van der Waals surface area (Å²) < 4.78 is 18.0. The summed E-state index contributed by atoms with van der Waals surface area (Å²) in [6.45, 7) is 2.19. The third kappa shape index (κ3) is 5.32. The molecule has 0 bridgehead atoms. The molecule has 0 aliphatic rings. The Bertz CT molecular complexity index is 1250. The maximum Gasteiger partial charge on any atom is 0.260 e. The molecule has 1 N–H and O–H groups in total. The van der Waals surface area contributed by atoms with Gasteiger partial charge in [-0.15, -0.1) is 15.3 Å². The molecule has 2 aromatic heterocycles. The second-order valence-corrected chi connectivity index (χ2v) is 7.43. The largest absolute Gasteiger partial charge is 0.497 e. The van der Waals surface area contributed by atoms with Gasteiger partial charge in [0.15, 0.2) is 17.6 Å². The van der Waals surface area contributed by atoms with Crippen LogP contribution in [0.15, 0.2) is 60.7 Å². The standard InChI is InChI=1S/C23H22ClN5O4/c1-15(33-17-9-7-16(31-2)8-10-17)23(30)25-13-14-32-21-12-11-20-26-27-22(29(20)28-21)18-5-3-4-6-19(18)24/h3-12,15H,13-14H2,1-2H3,(H,25,30). The maximum absolute atomic E-state index is 12.3. The van der Waals surface area contributed by atoms with Gasteiger partial charge in [0.2, 0.25) is 5.88 Å². The van der Waals surface area contributed by atoms with E-state index in [0.29, 0.717) is 33.9 Å². The van der Waals surface area contributed by atoms with Gasteiger partial charge in [-0.25, -0.2) is 0 Å². The van der Waals surface area contributed by atoms with Crippen LogP contribution >= 0.6 is 11.6 Å². The number of amides is 1. The van der Waals surface area contributed by atoms with E-state index in [4.69, 9.17) is 25.8 Å². The van der Waals surface area contributed by atoms with Gasteiger partial charge in [0, 0.05) is 11.6 Å². The van der Waals surface area contributed by atoms with Crippen LogP contribution in [0.1, 0.15) is 6.92 Å². The minimum Gasteiger partial charge on any atom is -0.497 e. The molecular weight excluding hydrogens is 446 g/mol. The van der Waals surface area contributed by atoms with Crippen LogP contribution in [-0.4, -0.2) is 52.1 Å². The van der Waals surface area contributed by atoms with Crippen LogP contribution in [0.4, 0.5) is 0 Å². The van der Waals surface area contributed by atoms with E-state index in [2.05, 4.69) is 20.6 Å². The fraction of sp³-hybridized carbons (Fsp3) is 0.217. The zero-order valence-corrected chi connectivity index (χ0v) is 18.8. The zero-order chi connectivity index (χ0) is 23.2. The Balaban J connectivity index is 1.31. The number of aromatic nitrogens is 4. The van der Waals surface area contributed by atoms with Crippen molar-refractivity contribution in [2.45, 2.75) is 13.0 Å². The summed E-state index contributed by atoms with van der Waals surface area (Å²) in [5, 5.41) is 16.1. The van der Waals surface area contributed by atoms with Gasteiger partial charge >= 0.3 is 0 Å². The molecule has 1 atom stereocenters. The highest BCUT2D eigenvalue weighted by molar-refractivity contribution is 6.33. The summed E-state index contributed by atoms with van der Waals surface area (Å²) in [6.07, 6.45) is -0.664. The van der Waals surface area contributed by atoms with Gasteiger partial charge in [-0.05, 0) is 49.4 Å². The molecule has 4 rings (SSSR count). The molecule has 10 heteroatoms. The summed E-state index contributed by atoms with van der Waals surface area (Å²) in [7, 11) is 1.59. The predicted octanol–water partition coefficient (Wildman–Crippen LogP) is 3.42. The number of benzene rings is 2. The first-order valence-corrected chi connectivity index (χ1v) is 10.6. The first kappa shape index (κ1) is 22.3. The molecule has 2 heterocycles. The minimum atomic E-state index is -0.664. The van der Waals surface area contributed by atoms with E-state index in [1.165, 1.54) is 0 Å². The van der Waals surface area contributed by atoms with Crippen LogP contribution in [0.3, 0.4) is 0 Å². The summed E-state index contributed by atoms with van der Waals surface area (Å²) in [6, 6.07) is 17.8. The summed E-state index contributed by atoms with van der Waals surface area (Å²) >= 11 is 6.28. The third-order valence-corrected chi connectivity index (χ3v) is 5.08. The molecule has 0 aliphatic heterocycles. The van der Waals surface area contributed by atoms with Crippen molar-refractivity contribution in [3.8, 4) is 28.8 Å². The Hall–Kier alpha value is -3.85. The number of halogens is 1. The molecular formula is C23H22ClN5O4. The molecule has 0 aliphatic carbocycles. The molecule has 0 spiro atoms. The SMILES string of the molecule is COc1ccc(OC(C)C(=O)NCCOc2ccc3nnc(-c4ccccc4Cl)n3n2)cc1. The molecule has 0 fully saturated rings. The number of nitrogens with zero attached hydrogens (tertiary/aromatic N) is 4. The summed E-state index contributed by atoms with van der Waals surface area (Å²) in [5.41, 5.74) is 1.28. The first-order valence-electron chi connectivity index (χ1n) is 10.2. The lowest BCUT2D eigenvalue weighted by Gasteiger charge is -2.15. The number of fused-ring (bicyclic) bond motifs is 1. The van der Waals surface area contributed by atoms with Gasteiger partial charge in [-0.3, -0.25) is 4.79 Å². The van der Waals surface area contributed by atoms with E-state index in [-0.39, 0.29) is 19.1 Å². The van der Waals surface area contributed by atoms with Gasteiger partial charge in [0.05, 0.1) is 18.7 Å². The Kier molecular flexibility index (Phi) is 6.89. The normalized spacial score (nSPS) is 11.7. The van der Waals surface area contributed by atoms with Gasteiger partial charge in [0.1, 0.15) is 18.1 Å². The number of carbonyl (C=O) groups excluding carboxylic acids is 1. The van der Waals surface area contributed by atoms with E-state index >= 15 is 0 Å². The molecule has 9 nitrogen and oxygen atoms in total. The van der Waals surface area contributed by atoms with Crippen molar-refractivity contribution in [1.82, 2.24) is 25.1 Å². The van der Waals surface area contributed by atoms with Crippen LogP contribution in [0.25, 0.3) is 17.0 Å². The molecule has 0 saturated carbocycles. The van der Waals surface area contributed by atoms with Gasteiger partial charge in [-0.1, -0.05) is 23.7 Å². The fourth-order valence-electron chi connectivity index (χ4n) is 3.05. The smallest absolute Gasteiger partial charge is 0.260 e. The Morgan fingerprint density at radius 1 is 1.06 bits per heavy atom. The highest BCUT2D eigenvalue weighted by Crippen LogP contribution is 2.26. The lowest BCUT2D eigenvalue weighted by Crippen LogP contribution is -2.38. The Labute approximate surface area is 195 Å². The lowest BCUT2D eigenvalue weighted by molar-refractivity contribution is -0.127. The minimum absolute atomic E-state index is 0.225. The van der Waals surface area contributed by atoms with Crippen molar-refractivity contribution in [2.24, 2.45) is 0 Å². The van der Waals surface area contributed by atoms with E-state index in [0.717, 1.165) is 5.56 Å². The van der Waals surface area contributed by atoms with Crippen molar-refractivity contribution in [3.05, 3.63) is 65.7 Å². The molecule has 2 aromatic carbocycles. The second-order valence-electron chi connectivity index (χ2n) is 7.02. The Morgan fingerprint density at radius 3 is 2.58 bits per heavy atom. The van der Waals surface area contributed by atoms with Crippen molar-refractivity contribution in [2.75, 3.05) is 20.3 Å². The van der Waals surface area contributed by atoms with E-state index in [9.17, 15) is 4.79 Å². The number of ether oxygens (including phenoxy) is 3. The molecule has 4 aromatic rings. The number of carbonyl (C=O) groups is 1. The lowest BCUT2D eigenvalue weighted by atomic mass is 10.2. The van der Waals surface area contributed by atoms with Gasteiger partial charge < -0.3 is 19.5 Å². The predicted molar refractivity (Wildman–Crippen MR) is 123 cm³/mol. The van der Waals surface area contributed by atoms with Gasteiger partial charge in [-0.2, -0.15) is 4.52 Å². The van der Waals surface area contributed by atoms with E-state index in [1.54, 1.807) is 61.0 Å². The number of rotatable bonds is 9. The topological polar surface area (TPSA) is 99.9 Å². The average Bonchev–Trinajstić information content (AvgIpc) is 3.25. The molecule has 1 amide bonds. The molecule has 0 radical (unpaired) electrons. The number of methoxy groups -OCH3 is 1. The highest BCUT2D eigenvalue weighted by Gasteiger charge is 2.15. The van der Waals surface area contributed by atoms with Crippen LogP contribution in [0, 0.1) is 0 Å². The van der Waals surface area contributed by atoms with E-state index < -0.39 is 6.10 Å². The maximum atomic E-state index is 12.3. The molecule has 1 unspecified atom stereocenters. The number of nitrogens with one attached hydrogen (secondary N) is 1. The monoisotopic (exact) mass is 467 g/mol. The van der Waals surface area contributed by atoms with Crippen molar-refractivity contribution in [1.29, 1.82) is 0 Å². The average molecular weight is 468 g/mol. The van der Waals surface area contributed by atoms with Crippen molar-refractivity contribution >= 4 is 23.2 Å².